The Hall–Kier alpha value is -3.04. The van der Waals surface area contributed by atoms with E-state index in [9.17, 15) is 34.8 Å². The lowest BCUT2D eigenvalue weighted by atomic mass is 9.74. The molecule has 16 heteroatoms. The van der Waals surface area contributed by atoms with E-state index in [0.717, 1.165) is 18.4 Å². The Morgan fingerprint density at radius 3 is 2.16 bits per heavy atom. The Balaban J connectivity index is 1.32. The molecule has 3 aromatic carbocycles. The largest absolute Gasteiger partial charge is 0.416 e. The number of anilines is 1. The number of oxime groups is 1. The molecular weight excluding hydrogens is 731 g/mol. The van der Waals surface area contributed by atoms with Crippen molar-refractivity contribution in [2.75, 3.05) is 50.5 Å². The van der Waals surface area contributed by atoms with Crippen LogP contribution in [0.4, 0.5) is 32.0 Å². The van der Waals surface area contributed by atoms with Crippen molar-refractivity contribution in [2.45, 2.75) is 49.6 Å². The summed E-state index contributed by atoms with van der Waals surface area (Å²) >= 11 is 12.5. The molecule has 272 valence electrons. The number of hydrogen-bond donors (Lipinski definition) is 0. The summed E-state index contributed by atoms with van der Waals surface area (Å²) in [5.74, 6) is -0.471. The zero-order valence-electron chi connectivity index (χ0n) is 27.1. The average molecular weight is 767 g/mol. The van der Waals surface area contributed by atoms with Crippen molar-refractivity contribution in [2.24, 2.45) is 5.16 Å². The highest BCUT2D eigenvalue weighted by Gasteiger charge is 2.47. The summed E-state index contributed by atoms with van der Waals surface area (Å²) in [6, 6.07) is 13.9. The van der Waals surface area contributed by atoms with Gasteiger partial charge in [0.1, 0.15) is 7.11 Å². The lowest BCUT2D eigenvalue weighted by Crippen LogP contribution is -2.46. The SMILES string of the molecule is CO/N=C(\COCc1cc(C(F)(F)F)cc(C(F)(F)F)c1)C(CCN1CCC2(CC1)CN(S(C)(=O)=O)c1ccccc12)c1ccc(Cl)c(Cl)c1. The molecule has 2 aliphatic rings. The number of rotatable bonds is 11. The van der Waals surface area contributed by atoms with E-state index in [1.807, 2.05) is 24.3 Å². The second-order valence-corrected chi connectivity index (χ2v) is 15.3. The number of para-hydroxylation sites is 1. The van der Waals surface area contributed by atoms with Crippen LogP contribution in [-0.2, 0) is 44.0 Å². The fourth-order valence-corrected chi connectivity index (χ4v) is 8.07. The molecule has 2 aliphatic heterocycles. The maximum atomic E-state index is 13.4. The van der Waals surface area contributed by atoms with Gasteiger partial charge in [-0.2, -0.15) is 26.3 Å². The molecule has 2 heterocycles. The van der Waals surface area contributed by atoms with Gasteiger partial charge >= 0.3 is 12.4 Å². The quantitative estimate of drug-likeness (QED) is 0.111. The first-order chi connectivity index (χ1) is 23.4. The van der Waals surface area contributed by atoms with Crippen molar-refractivity contribution >= 4 is 44.6 Å². The summed E-state index contributed by atoms with van der Waals surface area (Å²) < 4.78 is 113. The molecule has 1 fully saturated rings. The number of nitrogens with zero attached hydrogens (tertiary/aromatic N) is 3. The lowest BCUT2D eigenvalue weighted by Gasteiger charge is -2.40. The second-order valence-electron chi connectivity index (χ2n) is 12.6. The van der Waals surface area contributed by atoms with E-state index in [2.05, 4.69) is 10.1 Å². The molecule has 0 aliphatic carbocycles. The van der Waals surface area contributed by atoms with Crippen LogP contribution in [0.3, 0.4) is 0 Å². The van der Waals surface area contributed by atoms with Gasteiger partial charge in [-0.3, -0.25) is 4.31 Å². The van der Waals surface area contributed by atoms with E-state index in [-0.39, 0.29) is 28.7 Å². The number of hydrogen-bond acceptors (Lipinski definition) is 6. The molecule has 3 aromatic rings. The molecule has 1 unspecified atom stereocenters. The molecule has 0 aromatic heterocycles. The summed E-state index contributed by atoms with van der Waals surface area (Å²) in [5.41, 5.74) is -0.699. The molecule has 0 amide bonds. The first kappa shape index (κ1) is 38.2. The molecule has 1 saturated heterocycles. The number of piperidine rings is 1. The predicted octanol–water partition coefficient (Wildman–Crippen LogP) is 8.54. The van der Waals surface area contributed by atoms with Crippen LogP contribution in [0.25, 0.3) is 0 Å². The van der Waals surface area contributed by atoms with Crippen molar-refractivity contribution in [3.05, 3.63) is 98.5 Å². The van der Waals surface area contributed by atoms with Crippen LogP contribution in [0.15, 0.2) is 65.8 Å². The molecule has 50 heavy (non-hydrogen) atoms. The van der Waals surface area contributed by atoms with Gasteiger partial charge in [0.2, 0.25) is 10.0 Å². The molecule has 0 radical (unpaired) electrons. The maximum absolute atomic E-state index is 13.4. The minimum atomic E-state index is -4.99. The van der Waals surface area contributed by atoms with E-state index in [4.69, 9.17) is 32.8 Å². The Morgan fingerprint density at radius 1 is 0.940 bits per heavy atom. The normalized spacial score (nSPS) is 17.6. The van der Waals surface area contributed by atoms with Crippen LogP contribution in [0.1, 0.15) is 53.0 Å². The number of halogens is 8. The van der Waals surface area contributed by atoms with E-state index in [1.165, 1.54) is 17.7 Å². The summed E-state index contributed by atoms with van der Waals surface area (Å²) in [7, 11) is -2.14. The minimum absolute atomic E-state index is 0.0667. The number of alkyl halides is 6. The third kappa shape index (κ3) is 8.70. The highest BCUT2D eigenvalue weighted by molar-refractivity contribution is 7.92. The molecule has 1 spiro atoms. The van der Waals surface area contributed by atoms with E-state index < -0.39 is 46.0 Å². The zero-order chi connectivity index (χ0) is 36.5. The van der Waals surface area contributed by atoms with Crippen molar-refractivity contribution < 1.29 is 44.3 Å². The van der Waals surface area contributed by atoms with Crippen molar-refractivity contribution in [1.29, 1.82) is 0 Å². The maximum Gasteiger partial charge on any atom is 0.416 e. The van der Waals surface area contributed by atoms with Crippen LogP contribution < -0.4 is 4.31 Å². The fraction of sp³-hybridized carbons (Fsp3) is 0.441. The fourth-order valence-electron chi connectivity index (χ4n) is 6.76. The van der Waals surface area contributed by atoms with Crippen molar-refractivity contribution in [3.63, 3.8) is 0 Å². The van der Waals surface area contributed by atoms with Crippen LogP contribution in [0.5, 0.6) is 0 Å². The van der Waals surface area contributed by atoms with Gasteiger partial charge < -0.3 is 14.5 Å². The monoisotopic (exact) mass is 765 g/mol. The van der Waals surface area contributed by atoms with Gasteiger partial charge in [-0.15, -0.1) is 0 Å². The number of fused-ring (bicyclic) bond motifs is 2. The second kappa shape index (κ2) is 14.9. The first-order valence-electron chi connectivity index (χ1n) is 15.6. The number of sulfonamides is 1. The topological polar surface area (TPSA) is 71.4 Å². The Morgan fingerprint density at radius 2 is 1.58 bits per heavy atom. The van der Waals surface area contributed by atoms with Crippen LogP contribution in [-0.4, -0.2) is 65.2 Å². The zero-order valence-corrected chi connectivity index (χ0v) is 29.4. The van der Waals surface area contributed by atoms with E-state index >= 15 is 0 Å². The van der Waals surface area contributed by atoms with Gasteiger partial charge in [0, 0.05) is 17.9 Å². The average Bonchev–Trinajstić information content (AvgIpc) is 3.37. The molecule has 0 saturated carbocycles. The third-order valence-electron chi connectivity index (χ3n) is 9.26. The van der Waals surface area contributed by atoms with Gasteiger partial charge in [-0.1, -0.05) is 52.6 Å². The number of likely N-dealkylation sites (tertiary alicyclic amines) is 1. The summed E-state index contributed by atoms with van der Waals surface area (Å²) in [4.78, 5) is 7.36. The van der Waals surface area contributed by atoms with Gasteiger partial charge in [0.25, 0.3) is 0 Å². The lowest BCUT2D eigenvalue weighted by molar-refractivity contribution is -0.143. The van der Waals surface area contributed by atoms with E-state index in [0.29, 0.717) is 66.7 Å². The highest BCUT2D eigenvalue weighted by Crippen LogP contribution is 2.48. The third-order valence-corrected chi connectivity index (χ3v) is 11.1. The molecule has 5 rings (SSSR count). The smallest absolute Gasteiger partial charge is 0.399 e. The van der Waals surface area contributed by atoms with Gasteiger partial charge in [0.05, 0.1) is 52.0 Å². The van der Waals surface area contributed by atoms with Gasteiger partial charge in [-0.25, -0.2) is 8.42 Å². The van der Waals surface area contributed by atoms with Crippen LogP contribution >= 0.6 is 23.2 Å². The van der Waals surface area contributed by atoms with Gasteiger partial charge in [-0.05, 0) is 92.0 Å². The Kier molecular flexibility index (Phi) is 11.4. The molecule has 0 bridgehead atoms. The summed E-state index contributed by atoms with van der Waals surface area (Å²) in [5, 5.41) is 4.75. The van der Waals surface area contributed by atoms with Gasteiger partial charge in [0.15, 0.2) is 0 Å². The molecular formula is C34H35Cl2F6N3O4S. The minimum Gasteiger partial charge on any atom is -0.399 e. The predicted molar refractivity (Wildman–Crippen MR) is 180 cm³/mol. The Labute approximate surface area is 296 Å². The molecule has 1 atom stereocenters. The number of benzene rings is 3. The summed E-state index contributed by atoms with van der Waals surface area (Å²) in [6.45, 7) is 1.50. The van der Waals surface area contributed by atoms with Crippen molar-refractivity contribution in [3.8, 4) is 0 Å². The Bertz CT molecular complexity index is 1800. The van der Waals surface area contributed by atoms with E-state index in [1.54, 1.807) is 18.2 Å². The number of ether oxygens (including phenoxy) is 1. The first-order valence-corrected chi connectivity index (χ1v) is 18.2. The van der Waals surface area contributed by atoms with Crippen LogP contribution in [0.2, 0.25) is 10.0 Å². The van der Waals surface area contributed by atoms with Crippen LogP contribution in [0, 0.1) is 0 Å². The van der Waals surface area contributed by atoms with Crippen molar-refractivity contribution in [1.82, 2.24) is 4.90 Å². The summed E-state index contributed by atoms with van der Waals surface area (Å²) in [6.07, 6.45) is -6.83. The standard InChI is InChI=1S/C34H35Cl2F6N3O4S/c1-48-43-30(20-49-19-22-15-24(33(37,38)39)18-25(16-22)34(40,41)42)26(23-7-8-28(35)29(36)17-23)9-12-44-13-10-32(11-14-44)21-45(50(2,46)47)31-6-4-3-5-27(31)32/h3-8,15-18,26H,9-14,19-21H2,1-2H3/b43-30+. The highest BCUT2D eigenvalue weighted by atomic mass is 35.5. The molecule has 7 nitrogen and oxygen atoms in total. The molecule has 0 N–H and O–H groups in total.